The summed E-state index contributed by atoms with van der Waals surface area (Å²) in [6.07, 6.45) is 2.37. The number of aryl methyl sites for hydroxylation is 1. The fourth-order valence-electron chi connectivity index (χ4n) is 2.89. The van der Waals surface area contributed by atoms with Gasteiger partial charge in [-0.15, -0.1) is 0 Å². The van der Waals surface area contributed by atoms with E-state index in [2.05, 4.69) is 25.9 Å². The van der Waals surface area contributed by atoms with Crippen molar-refractivity contribution in [1.29, 1.82) is 0 Å². The van der Waals surface area contributed by atoms with Gasteiger partial charge in [-0.1, -0.05) is 18.2 Å². The Kier molecular flexibility index (Phi) is 3.42. The Hall–Kier alpha value is -3.28. The number of benzene rings is 2. The van der Waals surface area contributed by atoms with Gasteiger partial charge in [0.15, 0.2) is 0 Å². The first-order valence-electron chi connectivity index (χ1n) is 7.75. The van der Waals surface area contributed by atoms with Crippen molar-refractivity contribution in [2.45, 2.75) is 13.0 Å². The molecule has 0 fully saturated rings. The highest BCUT2D eigenvalue weighted by Crippen LogP contribution is 2.17. The lowest BCUT2D eigenvalue weighted by atomic mass is 10.2. The molecule has 0 radical (unpaired) electrons. The van der Waals surface area contributed by atoms with Gasteiger partial charge in [-0.05, 0) is 35.7 Å². The highest BCUT2D eigenvalue weighted by Gasteiger charge is 2.06. The first-order chi connectivity index (χ1) is 11.7. The molecule has 2 heterocycles. The highest BCUT2D eigenvalue weighted by atomic mass is 16.1. The quantitative estimate of drug-likeness (QED) is 0.540. The third kappa shape index (κ3) is 2.69. The van der Waals surface area contributed by atoms with Gasteiger partial charge in [0.1, 0.15) is 0 Å². The first kappa shape index (κ1) is 14.3. The van der Waals surface area contributed by atoms with E-state index >= 15 is 0 Å². The largest absolute Gasteiger partial charge is 0.347 e. The number of nitrogens with zero attached hydrogens (tertiary/aromatic N) is 1. The molecule has 0 aliphatic carbocycles. The number of para-hydroxylation sites is 1. The van der Waals surface area contributed by atoms with Crippen LogP contribution in [0.1, 0.15) is 6.42 Å². The molecule has 0 aliphatic rings. The summed E-state index contributed by atoms with van der Waals surface area (Å²) in [6.45, 7) is 0.614. The Morgan fingerprint density at radius 2 is 1.88 bits per heavy atom. The summed E-state index contributed by atoms with van der Waals surface area (Å²) in [5.41, 5.74) is 2.93. The summed E-state index contributed by atoms with van der Waals surface area (Å²) in [7, 11) is 0. The van der Waals surface area contributed by atoms with Crippen molar-refractivity contribution < 1.29 is 4.79 Å². The van der Waals surface area contributed by atoms with E-state index in [4.69, 9.17) is 0 Å². The highest BCUT2D eigenvalue weighted by molar-refractivity contribution is 5.93. The summed E-state index contributed by atoms with van der Waals surface area (Å²) in [5.74, 6) is -0.0648. The van der Waals surface area contributed by atoms with E-state index < -0.39 is 0 Å². The second kappa shape index (κ2) is 5.73. The minimum Gasteiger partial charge on any atom is -0.347 e. The molecule has 4 aromatic rings. The number of carbonyl (C=O) groups is 1. The Morgan fingerprint density at radius 1 is 1.04 bits per heavy atom. The van der Waals surface area contributed by atoms with Crippen LogP contribution in [0.3, 0.4) is 0 Å². The fourth-order valence-corrected chi connectivity index (χ4v) is 2.89. The van der Waals surface area contributed by atoms with Gasteiger partial charge >= 0.3 is 5.69 Å². The van der Waals surface area contributed by atoms with Crippen LogP contribution in [-0.2, 0) is 11.3 Å². The molecule has 0 unspecified atom stereocenters. The van der Waals surface area contributed by atoms with Crippen molar-refractivity contribution in [3.8, 4) is 0 Å². The maximum Gasteiger partial charge on any atom is 0.323 e. The van der Waals surface area contributed by atoms with Gasteiger partial charge in [-0.2, -0.15) is 0 Å². The Balaban J connectivity index is 1.45. The molecule has 0 saturated heterocycles. The Bertz CT molecular complexity index is 1090. The number of hydrogen-bond donors (Lipinski definition) is 3. The number of rotatable bonds is 4. The van der Waals surface area contributed by atoms with Crippen LogP contribution in [-0.4, -0.2) is 20.4 Å². The van der Waals surface area contributed by atoms with Gasteiger partial charge in [0.25, 0.3) is 0 Å². The predicted molar refractivity (Wildman–Crippen MR) is 94.1 cm³/mol. The molecule has 0 atom stereocenters. The van der Waals surface area contributed by atoms with Gasteiger partial charge in [-0.25, -0.2) is 4.79 Å². The molecule has 2 aromatic heterocycles. The number of aromatic nitrogens is 3. The second-order valence-electron chi connectivity index (χ2n) is 5.71. The maximum absolute atomic E-state index is 12.2. The van der Waals surface area contributed by atoms with Crippen molar-refractivity contribution in [1.82, 2.24) is 14.5 Å². The number of imidazole rings is 1. The van der Waals surface area contributed by atoms with Crippen LogP contribution in [0.2, 0.25) is 0 Å². The molecule has 120 valence electrons. The standard InChI is InChI=1S/C18H16N4O2/c23-17(8-10-22-9-7-12-3-1-2-4-16(12)22)19-13-5-6-14-15(11-13)21-18(24)20-14/h1-7,9,11H,8,10H2,(H,19,23)(H2,20,21,24). The summed E-state index contributed by atoms with van der Waals surface area (Å²) in [5, 5.41) is 4.03. The number of fused-ring (bicyclic) bond motifs is 2. The lowest BCUT2D eigenvalue weighted by molar-refractivity contribution is -0.116. The molecule has 3 N–H and O–H groups in total. The molecule has 0 aliphatic heterocycles. The van der Waals surface area contributed by atoms with Gasteiger partial charge in [0.2, 0.25) is 5.91 Å². The summed E-state index contributed by atoms with van der Waals surface area (Å²) >= 11 is 0. The van der Waals surface area contributed by atoms with Crippen molar-refractivity contribution in [3.05, 3.63) is 65.2 Å². The molecule has 6 heteroatoms. The topological polar surface area (TPSA) is 82.7 Å². The zero-order chi connectivity index (χ0) is 16.5. The smallest absolute Gasteiger partial charge is 0.323 e. The van der Waals surface area contributed by atoms with Crippen LogP contribution >= 0.6 is 0 Å². The summed E-state index contributed by atoms with van der Waals surface area (Å²) < 4.78 is 2.07. The zero-order valence-electron chi connectivity index (χ0n) is 12.9. The number of nitrogens with one attached hydrogen (secondary N) is 3. The van der Waals surface area contributed by atoms with Crippen LogP contribution in [0.25, 0.3) is 21.9 Å². The lowest BCUT2D eigenvalue weighted by Crippen LogP contribution is -2.14. The number of hydrogen-bond acceptors (Lipinski definition) is 2. The monoisotopic (exact) mass is 320 g/mol. The van der Waals surface area contributed by atoms with E-state index in [0.29, 0.717) is 24.2 Å². The Morgan fingerprint density at radius 3 is 2.79 bits per heavy atom. The van der Waals surface area contributed by atoms with E-state index in [1.54, 1.807) is 18.2 Å². The SMILES string of the molecule is O=C(CCn1ccc2ccccc21)Nc1ccc2[nH]c(=O)[nH]c2c1. The zero-order valence-corrected chi connectivity index (χ0v) is 12.9. The van der Waals surface area contributed by atoms with Gasteiger partial charge in [0.05, 0.1) is 11.0 Å². The molecule has 2 aromatic carbocycles. The average Bonchev–Trinajstić information content (AvgIpc) is 3.15. The third-order valence-electron chi connectivity index (χ3n) is 4.06. The minimum atomic E-state index is -0.257. The van der Waals surface area contributed by atoms with E-state index in [1.165, 1.54) is 5.39 Å². The number of H-pyrrole nitrogens is 2. The van der Waals surface area contributed by atoms with Crippen LogP contribution in [0.15, 0.2) is 59.5 Å². The number of amides is 1. The Labute approximate surface area is 137 Å². The minimum absolute atomic E-state index is 0.0648. The summed E-state index contributed by atoms with van der Waals surface area (Å²) in [6, 6.07) is 15.4. The van der Waals surface area contributed by atoms with E-state index in [0.717, 1.165) is 11.0 Å². The second-order valence-corrected chi connectivity index (χ2v) is 5.71. The molecule has 6 nitrogen and oxygen atoms in total. The molecule has 4 rings (SSSR count). The molecule has 1 amide bonds. The molecule has 0 spiro atoms. The normalized spacial score (nSPS) is 11.2. The molecular weight excluding hydrogens is 304 g/mol. The predicted octanol–water partition coefficient (Wildman–Crippen LogP) is 2.84. The van der Waals surface area contributed by atoms with Gasteiger partial charge in [0, 0.05) is 30.4 Å². The average molecular weight is 320 g/mol. The number of anilines is 1. The molecule has 0 bridgehead atoms. The van der Waals surface area contributed by atoms with Crippen molar-refractivity contribution >= 4 is 33.5 Å². The third-order valence-corrected chi connectivity index (χ3v) is 4.06. The van der Waals surface area contributed by atoms with Crippen molar-refractivity contribution in [2.75, 3.05) is 5.32 Å². The molecule has 24 heavy (non-hydrogen) atoms. The number of aromatic amines is 2. The maximum atomic E-state index is 12.2. The summed E-state index contributed by atoms with van der Waals surface area (Å²) in [4.78, 5) is 28.8. The van der Waals surface area contributed by atoms with Crippen LogP contribution in [0.5, 0.6) is 0 Å². The molecule has 0 saturated carbocycles. The van der Waals surface area contributed by atoms with Crippen molar-refractivity contribution in [3.63, 3.8) is 0 Å². The van der Waals surface area contributed by atoms with Gasteiger partial charge < -0.3 is 19.9 Å². The number of carbonyl (C=O) groups excluding carboxylic acids is 1. The lowest BCUT2D eigenvalue weighted by Gasteiger charge is -2.07. The van der Waals surface area contributed by atoms with Crippen LogP contribution in [0.4, 0.5) is 5.69 Å². The van der Waals surface area contributed by atoms with Crippen LogP contribution in [0, 0.1) is 0 Å². The van der Waals surface area contributed by atoms with E-state index in [1.807, 2.05) is 30.5 Å². The van der Waals surface area contributed by atoms with E-state index in [9.17, 15) is 9.59 Å². The first-order valence-corrected chi connectivity index (χ1v) is 7.75. The van der Waals surface area contributed by atoms with E-state index in [-0.39, 0.29) is 11.6 Å². The fraction of sp³-hybridized carbons (Fsp3) is 0.111. The molecular formula is C18H16N4O2. The van der Waals surface area contributed by atoms with Crippen LogP contribution < -0.4 is 11.0 Å². The van der Waals surface area contributed by atoms with Gasteiger partial charge in [-0.3, -0.25) is 4.79 Å². The van der Waals surface area contributed by atoms with Crippen molar-refractivity contribution in [2.24, 2.45) is 0 Å².